The van der Waals surface area contributed by atoms with Gasteiger partial charge in [0.2, 0.25) is 0 Å². The Morgan fingerprint density at radius 2 is 2.25 bits per heavy atom. The van der Waals surface area contributed by atoms with Crippen LogP contribution >= 0.6 is 11.6 Å². The molecule has 5 heteroatoms. The van der Waals surface area contributed by atoms with Gasteiger partial charge in [0, 0.05) is 25.0 Å². The number of hydrogen-bond acceptors (Lipinski definition) is 2. The van der Waals surface area contributed by atoms with Gasteiger partial charge >= 0.3 is 0 Å². The fourth-order valence-corrected chi connectivity index (χ4v) is 1.19. The lowest BCUT2D eigenvalue weighted by Gasteiger charge is -2.13. The topological polar surface area (TPSA) is 62.0 Å². The smallest absolute Gasteiger partial charge is 0.256 e. The Morgan fingerprint density at radius 1 is 1.56 bits per heavy atom. The van der Waals surface area contributed by atoms with Gasteiger partial charge in [0.05, 0.1) is 5.38 Å². The number of rotatable bonds is 4. The lowest BCUT2D eigenvalue weighted by Crippen LogP contribution is -2.34. The number of carbonyl (C=O) groups is 1. The zero-order valence-electron chi connectivity index (χ0n) is 9.29. The summed E-state index contributed by atoms with van der Waals surface area (Å²) in [7, 11) is 0. The molecule has 0 aliphatic carbocycles. The van der Waals surface area contributed by atoms with E-state index in [1.54, 1.807) is 0 Å². The molecule has 0 aliphatic rings. The third-order valence-electron chi connectivity index (χ3n) is 2.25. The van der Waals surface area contributed by atoms with Crippen molar-refractivity contribution in [1.82, 2.24) is 10.3 Å². The lowest BCUT2D eigenvalue weighted by atomic mass is 10.1. The normalized spacial score (nSPS) is 12.5. The number of aromatic amines is 1. The van der Waals surface area contributed by atoms with Crippen LogP contribution in [0, 0.1) is 5.92 Å². The summed E-state index contributed by atoms with van der Waals surface area (Å²) in [5.74, 6) is -0.121. The van der Waals surface area contributed by atoms with E-state index < -0.39 is 5.91 Å². The van der Waals surface area contributed by atoms with Crippen molar-refractivity contribution in [2.45, 2.75) is 19.2 Å². The summed E-state index contributed by atoms with van der Waals surface area (Å²) in [5.41, 5.74) is -0.193. The van der Waals surface area contributed by atoms with E-state index in [1.807, 2.05) is 13.8 Å². The van der Waals surface area contributed by atoms with Gasteiger partial charge in [-0.2, -0.15) is 0 Å². The molecule has 0 spiro atoms. The van der Waals surface area contributed by atoms with Gasteiger partial charge in [-0.3, -0.25) is 9.59 Å². The maximum Gasteiger partial charge on any atom is 0.256 e. The summed E-state index contributed by atoms with van der Waals surface area (Å²) in [4.78, 5) is 25.6. The second-order valence-electron chi connectivity index (χ2n) is 3.89. The van der Waals surface area contributed by atoms with Gasteiger partial charge < -0.3 is 10.3 Å². The SMILES string of the molecule is CC(C)C(Cl)CNC(=O)c1c[nH]ccc1=O. The van der Waals surface area contributed by atoms with Crippen molar-refractivity contribution < 1.29 is 4.79 Å². The highest BCUT2D eigenvalue weighted by molar-refractivity contribution is 6.21. The molecule has 0 saturated carbocycles. The van der Waals surface area contributed by atoms with Crippen molar-refractivity contribution in [1.29, 1.82) is 0 Å². The van der Waals surface area contributed by atoms with Crippen molar-refractivity contribution in [2.24, 2.45) is 5.92 Å². The Bertz CT molecular complexity index is 414. The van der Waals surface area contributed by atoms with Gasteiger partial charge in [0.1, 0.15) is 5.56 Å². The highest BCUT2D eigenvalue weighted by Gasteiger charge is 2.13. The molecule has 0 fully saturated rings. The van der Waals surface area contributed by atoms with E-state index in [9.17, 15) is 9.59 Å². The molecule has 1 rings (SSSR count). The molecule has 1 amide bonds. The van der Waals surface area contributed by atoms with Crippen molar-refractivity contribution in [3.05, 3.63) is 34.2 Å². The summed E-state index contributed by atoms with van der Waals surface area (Å²) in [6.07, 6.45) is 2.87. The van der Waals surface area contributed by atoms with E-state index in [0.717, 1.165) is 0 Å². The van der Waals surface area contributed by atoms with Crippen LogP contribution in [0.15, 0.2) is 23.3 Å². The number of pyridine rings is 1. The van der Waals surface area contributed by atoms with Crippen LogP contribution in [0.2, 0.25) is 0 Å². The van der Waals surface area contributed by atoms with E-state index in [4.69, 9.17) is 11.6 Å². The fourth-order valence-electron chi connectivity index (χ4n) is 1.11. The third kappa shape index (κ3) is 3.38. The first-order valence-electron chi connectivity index (χ1n) is 5.11. The van der Waals surface area contributed by atoms with Crippen molar-refractivity contribution in [3.63, 3.8) is 0 Å². The van der Waals surface area contributed by atoms with Crippen LogP contribution in [0.1, 0.15) is 24.2 Å². The summed E-state index contributed by atoms with van der Waals surface area (Å²) in [6.45, 7) is 4.30. The van der Waals surface area contributed by atoms with Crippen molar-refractivity contribution in [3.8, 4) is 0 Å². The second-order valence-corrected chi connectivity index (χ2v) is 4.45. The maximum atomic E-state index is 11.6. The van der Waals surface area contributed by atoms with Gasteiger partial charge in [0.25, 0.3) is 5.91 Å². The first-order chi connectivity index (χ1) is 7.52. The molecule has 2 N–H and O–H groups in total. The van der Waals surface area contributed by atoms with E-state index in [2.05, 4.69) is 10.3 Å². The van der Waals surface area contributed by atoms with E-state index in [0.29, 0.717) is 6.54 Å². The predicted molar refractivity (Wildman–Crippen MR) is 63.9 cm³/mol. The minimum Gasteiger partial charge on any atom is -0.367 e. The van der Waals surface area contributed by atoms with Gasteiger partial charge in [-0.05, 0) is 5.92 Å². The Morgan fingerprint density at radius 3 is 2.81 bits per heavy atom. The molecular weight excluding hydrogens is 228 g/mol. The molecule has 0 saturated heterocycles. The van der Waals surface area contributed by atoms with Crippen LogP contribution in [0.3, 0.4) is 0 Å². The van der Waals surface area contributed by atoms with Crippen LogP contribution < -0.4 is 10.7 Å². The zero-order valence-corrected chi connectivity index (χ0v) is 10.0. The molecule has 4 nitrogen and oxygen atoms in total. The van der Waals surface area contributed by atoms with Crippen LogP contribution in [-0.4, -0.2) is 22.8 Å². The van der Waals surface area contributed by atoms with Gasteiger partial charge in [0.15, 0.2) is 5.43 Å². The zero-order chi connectivity index (χ0) is 12.1. The summed E-state index contributed by atoms with van der Waals surface area (Å²) in [6, 6.07) is 1.32. The van der Waals surface area contributed by atoms with Crippen molar-refractivity contribution in [2.75, 3.05) is 6.54 Å². The fraction of sp³-hybridized carbons (Fsp3) is 0.455. The monoisotopic (exact) mass is 242 g/mol. The summed E-state index contributed by atoms with van der Waals surface area (Å²) in [5, 5.41) is 2.50. The molecular formula is C11H15ClN2O2. The molecule has 0 aromatic carbocycles. The molecule has 0 aliphatic heterocycles. The Balaban J connectivity index is 2.61. The predicted octanol–water partition coefficient (Wildman–Crippen LogP) is 1.37. The number of aromatic nitrogens is 1. The van der Waals surface area contributed by atoms with Crippen LogP contribution in [0.4, 0.5) is 0 Å². The number of carbonyl (C=O) groups excluding carboxylic acids is 1. The quantitative estimate of drug-likeness (QED) is 0.784. The first kappa shape index (κ1) is 12.8. The number of hydrogen-bond donors (Lipinski definition) is 2. The highest BCUT2D eigenvalue weighted by atomic mass is 35.5. The number of alkyl halides is 1. The van der Waals surface area contributed by atoms with Gasteiger partial charge in [-0.1, -0.05) is 13.8 Å². The Kier molecular flexibility index (Phi) is 4.55. The maximum absolute atomic E-state index is 11.6. The standard InChI is InChI=1S/C11H15ClN2O2/c1-7(2)9(12)6-14-11(16)8-5-13-4-3-10(8)15/h3-5,7,9H,6H2,1-2H3,(H,13,15)(H,14,16). The van der Waals surface area contributed by atoms with Crippen LogP contribution in [0.5, 0.6) is 0 Å². The lowest BCUT2D eigenvalue weighted by molar-refractivity contribution is 0.0951. The Hall–Kier alpha value is -1.29. The molecule has 1 atom stereocenters. The van der Waals surface area contributed by atoms with E-state index >= 15 is 0 Å². The highest BCUT2D eigenvalue weighted by Crippen LogP contribution is 2.07. The van der Waals surface area contributed by atoms with Crippen molar-refractivity contribution >= 4 is 17.5 Å². The molecule has 1 unspecified atom stereocenters. The van der Waals surface area contributed by atoms with Crippen LogP contribution in [-0.2, 0) is 0 Å². The number of H-pyrrole nitrogens is 1. The Labute approximate surface area is 99.0 Å². The first-order valence-corrected chi connectivity index (χ1v) is 5.55. The minimum absolute atomic E-state index is 0.107. The average molecular weight is 243 g/mol. The summed E-state index contributed by atoms with van der Waals surface area (Å²) < 4.78 is 0. The molecule has 0 bridgehead atoms. The molecule has 16 heavy (non-hydrogen) atoms. The minimum atomic E-state index is -0.395. The average Bonchev–Trinajstić information content (AvgIpc) is 2.25. The number of nitrogens with one attached hydrogen (secondary N) is 2. The van der Waals surface area contributed by atoms with E-state index in [-0.39, 0.29) is 22.3 Å². The number of amides is 1. The molecule has 1 aromatic heterocycles. The molecule has 1 heterocycles. The molecule has 88 valence electrons. The summed E-state index contributed by atoms with van der Waals surface area (Å²) >= 11 is 5.99. The van der Waals surface area contributed by atoms with Crippen LogP contribution in [0.25, 0.3) is 0 Å². The van der Waals surface area contributed by atoms with Gasteiger partial charge in [-0.15, -0.1) is 11.6 Å². The van der Waals surface area contributed by atoms with E-state index in [1.165, 1.54) is 18.5 Å². The van der Waals surface area contributed by atoms with Gasteiger partial charge in [-0.25, -0.2) is 0 Å². The third-order valence-corrected chi connectivity index (χ3v) is 2.91. The molecule has 1 aromatic rings. The number of halogens is 1. The largest absolute Gasteiger partial charge is 0.367 e. The second kappa shape index (κ2) is 5.70. The molecule has 0 radical (unpaired) electrons.